The third-order valence-corrected chi connectivity index (χ3v) is 7.55. The third kappa shape index (κ3) is 7.85. The number of nitrogens with zero attached hydrogens (tertiary/aromatic N) is 1. The molecular formula is C12H17N3O15P3-3. The average molecular weight is 536 g/mol. The molecule has 0 aromatic carbocycles. The van der Waals surface area contributed by atoms with Gasteiger partial charge in [-0.25, -0.2) is 13.7 Å². The molecule has 1 fully saturated rings. The van der Waals surface area contributed by atoms with Crippen molar-refractivity contribution >= 4 is 29.5 Å². The number of rotatable bonds is 10. The van der Waals surface area contributed by atoms with Crippen LogP contribution in [0, 0.1) is 0 Å². The number of nitrogens with two attached hydrogens (primary N) is 1. The number of nitrogens with one attached hydrogen (secondary N) is 1. The minimum absolute atomic E-state index is 0.0606. The first kappa shape index (κ1) is 27.9. The van der Waals surface area contributed by atoms with Gasteiger partial charge in [0, 0.05) is 12.7 Å². The van der Waals surface area contributed by atoms with Crippen LogP contribution in [0.5, 0.6) is 0 Å². The van der Waals surface area contributed by atoms with Crippen LogP contribution in [0.2, 0.25) is 0 Å². The van der Waals surface area contributed by atoms with Gasteiger partial charge in [0.15, 0.2) is 6.23 Å². The molecule has 0 aliphatic carbocycles. The topological polar surface area (TPSA) is 299 Å². The van der Waals surface area contributed by atoms with Gasteiger partial charge in [0.2, 0.25) is 0 Å². The van der Waals surface area contributed by atoms with Crippen molar-refractivity contribution in [2.24, 2.45) is 5.73 Å². The van der Waals surface area contributed by atoms with Crippen LogP contribution in [0.3, 0.4) is 0 Å². The molecule has 1 aromatic rings. The van der Waals surface area contributed by atoms with Gasteiger partial charge in [-0.15, -0.1) is 0 Å². The zero-order chi connectivity index (χ0) is 25.2. The molecule has 0 bridgehead atoms. The first-order valence-corrected chi connectivity index (χ1v) is 12.9. The lowest BCUT2D eigenvalue weighted by Crippen LogP contribution is -2.38. The predicted molar refractivity (Wildman–Crippen MR) is 98.5 cm³/mol. The summed E-state index contributed by atoms with van der Waals surface area (Å²) in [6.07, 6.45) is -3.38. The second-order valence-corrected chi connectivity index (χ2v) is 10.5. The SMILES string of the molecule is NC/C=C/c1cn(C2OC(COP(=O)(O)OP(=O)([O-])OP(=O)([O-])[O-])C(O)C2O)c(=O)[nH]c1=O. The first-order chi connectivity index (χ1) is 15.1. The summed E-state index contributed by atoms with van der Waals surface area (Å²) in [6, 6.07) is 0. The van der Waals surface area contributed by atoms with E-state index < -0.39 is 65.9 Å². The highest BCUT2D eigenvalue weighted by Gasteiger charge is 2.45. The van der Waals surface area contributed by atoms with Crippen LogP contribution in [0.4, 0.5) is 0 Å². The summed E-state index contributed by atoms with van der Waals surface area (Å²) in [5, 5.41) is 20.3. The van der Waals surface area contributed by atoms with Gasteiger partial charge in [0.05, 0.1) is 20.0 Å². The second-order valence-electron chi connectivity index (χ2n) is 6.26. The molecule has 6 unspecified atom stereocenters. The largest absolute Gasteiger partial charge is 0.790 e. The maximum Gasteiger partial charge on any atom is 0.478 e. The Labute approximate surface area is 183 Å². The van der Waals surface area contributed by atoms with Crippen LogP contribution < -0.4 is 31.7 Å². The Morgan fingerprint density at radius 3 is 2.39 bits per heavy atom. The molecule has 6 atom stereocenters. The maximum atomic E-state index is 12.1. The zero-order valence-electron chi connectivity index (χ0n) is 16.1. The van der Waals surface area contributed by atoms with E-state index in [1.807, 2.05) is 4.98 Å². The third-order valence-electron chi connectivity index (χ3n) is 3.85. The molecule has 188 valence electrons. The van der Waals surface area contributed by atoms with E-state index in [-0.39, 0.29) is 12.1 Å². The van der Waals surface area contributed by atoms with Crippen molar-refractivity contribution < 1.29 is 61.4 Å². The number of aromatic amines is 1. The number of aliphatic hydroxyl groups is 2. The second kappa shape index (κ2) is 10.5. The van der Waals surface area contributed by atoms with Crippen LogP contribution in [0.25, 0.3) is 6.08 Å². The van der Waals surface area contributed by atoms with Crippen LogP contribution in [-0.2, 0) is 31.6 Å². The molecule has 33 heavy (non-hydrogen) atoms. The molecule has 0 amide bonds. The van der Waals surface area contributed by atoms with Gasteiger partial charge in [-0.1, -0.05) is 12.2 Å². The summed E-state index contributed by atoms with van der Waals surface area (Å²) < 4.78 is 49.9. The Kier molecular flexibility index (Phi) is 8.89. The molecule has 1 saturated heterocycles. The van der Waals surface area contributed by atoms with Crippen molar-refractivity contribution in [3.05, 3.63) is 38.7 Å². The van der Waals surface area contributed by atoms with E-state index in [1.54, 1.807) is 0 Å². The number of hydrogen-bond donors (Lipinski definition) is 5. The quantitative estimate of drug-likeness (QED) is 0.176. The lowest BCUT2D eigenvalue weighted by atomic mass is 10.1. The number of phosphoric acid groups is 3. The van der Waals surface area contributed by atoms with E-state index in [0.29, 0.717) is 4.57 Å². The Balaban J connectivity index is 2.15. The smallest absolute Gasteiger partial charge is 0.478 e. The maximum absolute atomic E-state index is 12.1. The van der Waals surface area contributed by atoms with Crippen LogP contribution in [0.1, 0.15) is 11.8 Å². The van der Waals surface area contributed by atoms with E-state index >= 15 is 0 Å². The highest BCUT2D eigenvalue weighted by atomic mass is 31.3. The molecule has 0 spiro atoms. The predicted octanol–water partition coefficient (Wildman–Crippen LogP) is -4.42. The van der Waals surface area contributed by atoms with Crippen molar-refractivity contribution in [3.8, 4) is 0 Å². The minimum atomic E-state index is -6.15. The minimum Gasteiger partial charge on any atom is -0.790 e. The standard InChI is InChI=1S/C12H20N3O15P3/c13-3-1-2-6-4-15(12(19)14-10(6)18)11-9(17)8(16)7(28-11)5-27-32(23,24)30-33(25,26)29-31(20,21)22/h1-2,4,7-9,11,16-17H,3,5,13H2,(H,23,24)(H,25,26)(H,14,18,19)(H2,20,21,22)/p-3/b2-1+. The van der Waals surface area contributed by atoms with Gasteiger partial charge in [0.25, 0.3) is 13.4 Å². The van der Waals surface area contributed by atoms with Gasteiger partial charge in [-0.05, 0) is 0 Å². The number of hydrogen-bond acceptors (Lipinski definition) is 15. The lowest BCUT2D eigenvalue weighted by Gasteiger charge is -2.35. The molecule has 6 N–H and O–H groups in total. The van der Waals surface area contributed by atoms with Crippen molar-refractivity contribution in [1.82, 2.24) is 9.55 Å². The van der Waals surface area contributed by atoms with Crippen molar-refractivity contribution in [1.29, 1.82) is 0 Å². The van der Waals surface area contributed by atoms with Gasteiger partial charge >= 0.3 is 13.5 Å². The Morgan fingerprint density at radius 1 is 1.18 bits per heavy atom. The highest BCUT2D eigenvalue weighted by Crippen LogP contribution is 2.62. The Morgan fingerprint density at radius 2 is 1.82 bits per heavy atom. The number of H-pyrrole nitrogens is 1. The number of ether oxygens (including phenoxy) is 1. The van der Waals surface area contributed by atoms with Crippen molar-refractivity contribution in [2.45, 2.75) is 24.5 Å². The molecule has 21 heteroatoms. The summed E-state index contributed by atoms with van der Waals surface area (Å²) in [7, 11) is -17.9. The summed E-state index contributed by atoms with van der Waals surface area (Å²) in [5.74, 6) is 0. The Hall–Kier alpha value is -1.33. The number of phosphoric ester groups is 1. The highest BCUT2D eigenvalue weighted by molar-refractivity contribution is 7.65. The first-order valence-electron chi connectivity index (χ1n) is 8.52. The van der Waals surface area contributed by atoms with Gasteiger partial charge in [-0.3, -0.25) is 27.7 Å². The van der Waals surface area contributed by atoms with E-state index in [2.05, 4.69) is 13.1 Å². The molecule has 0 radical (unpaired) electrons. The molecule has 1 aromatic heterocycles. The average Bonchev–Trinajstić information content (AvgIpc) is 2.91. The van der Waals surface area contributed by atoms with Crippen LogP contribution in [0.15, 0.2) is 21.9 Å². The fourth-order valence-corrected chi connectivity index (χ4v) is 5.46. The van der Waals surface area contributed by atoms with E-state index in [1.165, 1.54) is 12.2 Å². The number of aliphatic hydroxyl groups excluding tert-OH is 2. The van der Waals surface area contributed by atoms with Gasteiger partial charge in [-0.2, -0.15) is 0 Å². The normalized spacial score (nSPS) is 27.5. The zero-order valence-corrected chi connectivity index (χ0v) is 18.7. The molecule has 2 heterocycles. The van der Waals surface area contributed by atoms with Crippen molar-refractivity contribution in [2.75, 3.05) is 13.2 Å². The number of aromatic nitrogens is 2. The lowest BCUT2D eigenvalue weighted by molar-refractivity contribution is -0.339. The molecule has 0 saturated carbocycles. The van der Waals surface area contributed by atoms with Crippen molar-refractivity contribution in [3.63, 3.8) is 0 Å². The van der Waals surface area contributed by atoms with Crippen LogP contribution in [-0.4, -0.2) is 56.1 Å². The summed E-state index contributed by atoms with van der Waals surface area (Å²) in [6.45, 7) is -1.07. The molecule has 1 aliphatic heterocycles. The molecule has 18 nitrogen and oxygen atoms in total. The summed E-state index contributed by atoms with van der Waals surface area (Å²) in [4.78, 5) is 67.1. The van der Waals surface area contributed by atoms with Gasteiger partial charge < -0.3 is 44.8 Å². The van der Waals surface area contributed by atoms with Gasteiger partial charge in [0.1, 0.15) is 18.3 Å². The fourth-order valence-electron chi connectivity index (χ4n) is 2.56. The molecule has 1 aliphatic rings. The fraction of sp³-hybridized carbons (Fsp3) is 0.500. The van der Waals surface area contributed by atoms with Crippen LogP contribution >= 0.6 is 23.5 Å². The Bertz CT molecular complexity index is 1140. The summed E-state index contributed by atoms with van der Waals surface area (Å²) >= 11 is 0. The van der Waals surface area contributed by atoms with E-state index in [4.69, 9.17) is 10.5 Å². The molecule has 2 rings (SSSR count). The summed E-state index contributed by atoms with van der Waals surface area (Å²) in [5.41, 5.74) is 3.37. The molecular weight excluding hydrogens is 519 g/mol. The monoisotopic (exact) mass is 536 g/mol. The van der Waals surface area contributed by atoms with E-state index in [0.717, 1.165) is 6.20 Å². The van der Waals surface area contributed by atoms with E-state index in [9.17, 15) is 53.1 Å².